The van der Waals surface area contributed by atoms with Crippen molar-refractivity contribution in [2.24, 2.45) is 0 Å². The zero-order valence-electron chi connectivity index (χ0n) is 33.8. The Morgan fingerprint density at radius 3 is 1.72 bits per heavy atom. The van der Waals surface area contributed by atoms with Gasteiger partial charge in [0.1, 0.15) is 35.1 Å². The number of aromatic amines is 1. The van der Waals surface area contributed by atoms with Crippen molar-refractivity contribution in [2.75, 3.05) is 33.7 Å². The lowest BCUT2D eigenvalue weighted by Crippen LogP contribution is -2.57. The molecule has 0 saturated heterocycles. The zero-order valence-corrected chi connectivity index (χ0v) is 34.6. The van der Waals surface area contributed by atoms with E-state index < -0.39 is 0 Å². The Hall–Kier alpha value is -6.15. The molecule has 6 aromatic rings. The summed E-state index contributed by atoms with van der Waals surface area (Å²) in [6.45, 7) is 4.11. The number of benzene rings is 2. The maximum atomic E-state index is 12.9. The highest BCUT2D eigenvalue weighted by atomic mass is 35.5. The molecule has 4 aromatic heterocycles. The minimum atomic E-state index is -0.170. The fraction of sp³-hybridized carbons (Fsp3) is 0.378. The maximum Gasteiger partial charge on any atom is 0.249 e. The van der Waals surface area contributed by atoms with Crippen molar-refractivity contribution in [1.82, 2.24) is 39.5 Å². The monoisotopic (exact) mass is 828 g/mol. The molecule has 15 heteroatoms. The van der Waals surface area contributed by atoms with Crippen LogP contribution in [0.4, 0.5) is 23.0 Å². The van der Waals surface area contributed by atoms with Crippen LogP contribution >= 0.6 is 11.6 Å². The Morgan fingerprint density at radius 1 is 0.683 bits per heavy atom. The second kappa shape index (κ2) is 18.4. The van der Waals surface area contributed by atoms with Crippen LogP contribution in [0.25, 0.3) is 28.7 Å². The van der Waals surface area contributed by atoms with E-state index in [1.165, 1.54) is 12.8 Å². The van der Waals surface area contributed by atoms with Crippen LogP contribution < -0.4 is 19.6 Å². The topological polar surface area (TPSA) is 145 Å². The second-order valence-corrected chi connectivity index (χ2v) is 15.5. The SMILES string of the molecule is C.CC[C@@H]1C(=O)N(C)c2cnc(-n3ccnc3-c3ccccc3)nc2N1C1CCC1.CC[C@@H]1C(=O)N(C)c2cnc(Cl)nc2N1C1CCC1.c1ccc(-c2ncc[nH]2)cc1. The van der Waals surface area contributed by atoms with E-state index in [-0.39, 0.29) is 36.6 Å². The van der Waals surface area contributed by atoms with Crippen LogP contribution in [-0.4, -0.2) is 89.5 Å². The largest absolute Gasteiger partial charge is 0.345 e. The molecule has 2 amide bonds. The number of imidazole rings is 2. The summed E-state index contributed by atoms with van der Waals surface area (Å²) in [7, 11) is 3.59. The minimum absolute atomic E-state index is 0. The molecule has 0 radical (unpaired) electrons. The summed E-state index contributed by atoms with van der Waals surface area (Å²) in [6.07, 6.45) is 19.0. The van der Waals surface area contributed by atoms with Gasteiger partial charge in [-0.25, -0.2) is 19.9 Å². The van der Waals surface area contributed by atoms with Crippen molar-refractivity contribution >= 4 is 46.4 Å². The molecule has 60 heavy (non-hydrogen) atoms. The number of H-pyrrole nitrogens is 1. The Bertz CT molecular complexity index is 2370. The molecule has 14 nitrogen and oxygen atoms in total. The molecule has 6 heterocycles. The van der Waals surface area contributed by atoms with E-state index in [1.807, 2.05) is 91.6 Å². The van der Waals surface area contributed by atoms with Crippen LogP contribution in [0.3, 0.4) is 0 Å². The van der Waals surface area contributed by atoms with Gasteiger partial charge < -0.3 is 24.6 Å². The fourth-order valence-corrected chi connectivity index (χ4v) is 8.23. The van der Waals surface area contributed by atoms with Gasteiger partial charge in [-0.2, -0.15) is 9.97 Å². The van der Waals surface area contributed by atoms with Crippen LogP contribution in [0.1, 0.15) is 72.6 Å². The first-order valence-electron chi connectivity index (χ1n) is 20.4. The van der Waals surface area contributed by atoms with Crippen LogP contribution in [0, 0.1) is 0 Å². The predicted molar refractivity (Wildman–Crippen MR) is 238 cm³/mol. The van der Waals surface area contributed by atoms with Crippen molar-refractivity contribution in [1.29, 1.82) is 0 Å². The number of nitrogens with one attached hydrogen (secondary N) is 1. The van der Waals surface area contributed by atoms with Gasteiger partial charge in [-0.05, 0) is 63.0 Å². The van der Waals surface area contributed by atoms with E-state index in [0.29, 0.717) is 18.0 Å². The van der Waals surface area contributed by atoms with Gasteiger partial charge in [0, 0.05) is 62.1 Å². The number of halogens is 1. The molecular weight excluding hydrogens is 776 g/mol. The minimum Gasteiger partial charge on any atom is -0.345 e. The lowest BCUT2D eigenvalue weighted by atomic mass is 9.88. The number of carbonyl (C=O) groups is 2. The lowest BCUT2D eigenvalue weighted by molar-refractivity contribution is -0.121. The van der Waals surface area contributed by atoms with Crippen LogP contribution in [0.2, 0.25) is 5.28 Å². The third-order valence-electron chi connectivity index (χ3n) is 11.7. The normalized spacial score (nSPS) is 18.5. The molecule has 2 aliphatic carbocycles. The number of likely N-dealkylation sites (N-methyl/N-ethyl adjacent to an activating group) is 2. The Balaban J connectivity index is 0.000000150. The average Bonchev–Trinajstić information content (AvgIpc) is 3.96. The first-order valence-corrected chi connectivity index (χ1v) is 20.8. The molecule has 0 unspecified atom stereocenters. The molecule has 2 aliphatic heterocycles. The van der Waals surface area contributed by atoms with Crippen molar-refractivity contribution in [3.63, 3.8) is 0 Å². The number of amides is 2. The van der Waals surface area contributed by atoms with Gasteiger partial charge >= 0.3 is 0 Å². The molecule has 2 atom stereocenters. The first kappa shape index (κ1) is 42.0. The van der Waals surface area contributed by atoms with Gasteiger partial charge in [0.25, 0.3) is 0 Å². The van der Waals surface area contributed by atoms with Gasteiger partial charge in [0.05, 0.1) is 12.4 Å². The highest BCUT2D eigenvalue weighted by molar-refractivity contribution is 6.28. The van der Waals surface area contributed by atoms with E-state index >= 15 is 0 Å². The Kier molecular flexibility index (Phi) is 12.9. The van der Waals surface area contributed by atoms with Crippen molar-refractivity contribution in [3.05, 3.63) is 103 Å². The summed E-state index contributed by atoms with van der Waals surface area (Å²) < 4.78 is 1.91. The Labute approximate surface area is 356 Å². The number of carbonyl (C=O) groups excluding carboxylic acids is 2. The molecule has 2 aromatic carbocycles. The first-order chi connectivity index (χ1) is 28.8. The van der Waals surface area contributed by atoms with Crippen molar-refractivity contribution in [3.8, 4) is 28.7 Å². The van der Waals surface area contributed by atoms with Gasteiger partial charge in [0.2, 0.25) is 23.0 Å². The quantitative estimate of drug-likeness (QED) is 0.156. The maximum absolute atomic E-state index is 12.9. The summed E-state index contributed by atoms with van der Waals surface area (Å²) >= 11 is 5.93. The van der Waals surface area contributed by atoms with E-state index in [2.05, 4.69) is 46.6 Å². The molecule has 2 fully saturated rings. The molecular formula is C45H53ClN12O2. The van der Waals surface area contributed by atoms with Crippen LogP contribution in [0.15, 0.2) is 97.8 Å². The molecule has 312 valence electrons. The van der Waals surface area contributed by atoms with Crippen LogP contribution in [0.5, 0.6) is 0 Å². The van der Waals surface area contributed by atoms with Gasteiger partial charge in [-0.3, -0.25) is 14.2 Å². The zero-order chi connectivity index (χ0) is 41.0. The number of hydrogen-bond acceptors (Lipinski definition) is 10. The average molecular weight is 829 g/mol. The van der Waals surface area contributed by atoms with E-state index in [9.17, 15) is 9.59 Å². The predicted octanol–water partition coefficient (Wildman–Crippen LogP) is 8.40. The van der Waals surface area contributed by atoms with Crippen molar-refractivity contribution < 1.29 is 9.59 Å². The molecule has 10 rings (SSSR count). The number of hydrogen-bond donors (Lipinski definition) is 1. The molecule has 2 saturated carbocycles. The van der Waals surface area contributed by atoms with Crippen LogP contribution in [-0.2, 0) is 9.59 Å². The molecule has 0 bridgehead atoms. The van der Waals surface area contributed by atoms with E-state index in [4.69, 9.17) is 16.6 Å². The smallest absolute Gasteiger partial charge is 0.249 e. The summed E-state index contributed by atoms with van der Waals surface area (Å²) in [5.41, 5.74) is 3.66. The molecule has 4 aliphatic rings. The second-order valence-electron chi connectivity index (χ2n) is 15.1. The van der Waals surface area contributed by atoms with Crippen molar-refractivity contribution in [2.45, 2.75) is 96.8 Å². The third-order valence-corrected chi connectivity index (χ3v) is 11.9. The third kappa shape index (κ3) is 8.08. The van der Waals surface area contributed by atoms with Gasteiger partial charge in [-0.15, -0.1) is 0 Å². The standard InChI is InChI=1S/C22H24N6O.C13H17ClN4O.C9H8N2.CH4/c1-3-17-21(29)26(2)18-14-24-22(25-20(18)28(17)16-10-7-11-16)27-13-12-23-19(27)15-8-5-4-6-9-15;1-3-9-12(19)17(2)10-7-15-13(14)16-11(10)18(9)8-5-4-6-8;1-2-4-8(5-3-1)9-10-6-7-11-9;/h4-6,8-9,12-14,16-17H,3,7,10-11H2,1-2H3;7-9H,3-6H2,1-2H3;1-7H,(H,10,11);1H4/t17-;9-;;/m11../s1. The van der Waals surface area contributed by atoms with E-state index in [1.54, 1.807) is 41.6 Å². The molecule has 1 N–H and O–H groups in total. The molecule has 0 spiro atoms. The summed E-state index contributed by atoms with van der Waals surface area (Å²) in [6, 6.07) is 20.5. The van der Waals surface area contributed by atoms with Gasteiger partial charge in [0.15, 0.2) is 11.6 Å². The number of rotatable bonds is 7. The fourth-order valence-electron chi connectivity index (χ4n) is 8.10. The highest BCUT2D eigenvalue weighted by Crippen LogP contribution is 2.42. The summed E-state index contributed by atoms with van der Waals surface area (Å²) in [5, 5.41) is 0.237. The summed E-state index contributed by atoms with van der Waals surface area (Å²) in [4.78, 5) is 62.7. The number of anilines is 4. The number of fused-ring (bicyclic) bond motifs is 2. The van der Waals surface area contributed by atoms with E-state index in [0.717, 1.165) is 84.3 Å². The number of aromatic nitrogens is 8. The Morgan fingerprint density at radius 2 is 1.22 bits per heavy atom. The number of nitrogens with zero attached hydrogens (tertiary/aromatic N) is 11. The highest BCUT2D eigenvalue weighted by Gasteiger charge is 2.43. The van der Waals surface area contributed by atoms with Gasteiger partial charge in [-0.1, -0.05) is 81.9 Å². The lowest BCUT2D eigenvalue weighted by Gasteiger charge is -2.47. The summed E-state index contributed by atoms with van der Waals surface area (Å²) in [5.74, 6) is 4.18.